The number of carbonyl (C=O) groups is 3. The Labute approximate surface area is 210 Å². The highest BCUT2D eigenvalue weighted by Crippen LogP contribution is 2.62. The molecular weight excluding hydrogens is 448 g/mol. The highest BCUT2D eigenvalue weighted by Gasteiger charge is 2.71. The topological polar surface area (TPSA) is 66.5 Å². The van der Waals surface area contributed by atoms with Crippen molar-refractivity contribution in [1.29, 1.82) is 0 Å². The van der Waals surface area contributed by atoms with E-state index in [0.717, 1.165) is 16.7 Å². The summed E-state index contributed by atoms with van der Waals surface area (Å²) in [6.07, 6.45) is 3.89. The van der Waals surface area contributed by atoms with Crippen LogP contribution in [-0.4, -0.2) is 28.4 Å². The van der Waals surface area contributed by atoms with Crippen molar-refractivity contribution >= 4 is 29.2 Å². The zero-order chi connectivity index (χ0) is 25.2. The first-order valence-electron chi connectivity index (χ1n) is 12.4. The van der Waals surface area contributed by atoms with E-state index in [9.17, 15) is 14.4 Å². The number of fused-ring (bicyclic) bond motifs is 6. The predicted octanol–water partition coefficient (Wildman–Crippen LogP) is 5.40. The van der Waals surface area contributed by atoms with E-state index in [1.807, 2.05) is 105 Å². The molecule has 1 saturated heterocycles. The molecule has 6 rings (SSSR count). The lowest BCUT2D eigenvalue weighted by Crippen LogP contribution is -2.50. The number of hydrogen-bond acceptors (Lipinski definition) is 4. The molecule has 0 saturated carbocycles. The van der Waals surface area contributed by atoms with Gasteiger partial charge in [0.2, 0.25) is 5.91 Å². The van der Waals surface area contributed by atoms with Gasteiger partial charge in [0.05, 0.1) is 18.0 Å². The molecule has 180 valence electrons. The zero-order valence-electron chi connectivity index (χ0n) is 20.6. The van der Waals surface area contributed by atoms with Crippen molar-refractivity contribution in [2.24, 2.45) is 11.3 Å². The summed E-state index contributed by atoms with van der Waals surface area (Å²) in [6.45, 7) is 5.64. The number of Topliss-reactive ketones (excluding diaryl/α,β-unsaturated/α-hetero) is 2. The van der Waals surface area contributed by atoms with E-state index in [4.69, 9.17) is 0 Å². The second-order valence-corrected chi connectivity index (χ2v) is 10.9. The smallest absolute Gasteiger partial charge is 0.238 e. The van der Waals surface area contributed by atoms with E-state index in [-0.39, 0.29) is 17.5 Å². The maximum Gasteiger partial charge on any atom is 0.238 e. The van der Waals surface area contributed by atoms with Crippen LogP contribution in [0.15, 0.2) is 85.1 Å². The van der Waals surface area contributed by atoms with Gasteiger partial charge in [0.1, 0.15) is 5.41 Å². The van der Waals surface area contributed by atoms with Gasteiger partial charge >= 0.3 is 0 Å². The number of nitrogens with zero attached hydrogens (tertiary/aromatic N) is 1. The molecule has 1 N–H and O–H groups in total. The van der Waals surface area contributed by atoms with E-state index >= 15 is 0 Å². The Kier molecular flexibility index (Phi) is 4.84. The number of amides is 1. The number of ketones is 2. The van der Waals surface area contributed by atoms with Crippen molar-refractivity contribution in [2.75, 3.05) is 5.32 Å². The minimum Gasteiger partial charge on any atom is -0.358 e. The summed E-state index contributed by atoms with van der Waals surface area (Å²) in [7, 11) is 0. The van der Waals surface area contributed by atoms with Gasteiger partial charge in [-0.3, -0.25) is 14.4 Å². The molecule has 36 heavy (non-hydrogen) atoms. The predicted molar refractivity (Wildman–Crippen MR) is 139 cm³/mol. The summed E-state index contributed by atoms with van der Waals surface area (Å²) < 4.78 is 0. The average molecular weight is 477 g/mol. The highest BCUT2D eigenvalue weighted by molar-refractivity contribution is 6.15. The van der Waals surface area contributed by atoms with Gasteiger partial charge in [-0.25, -0.2) is 0 Å². The number of hydrogen-bond donors (Lipinski definition) is 1. The zero-order valence-corrected chi connectivity index (χ0v) is 20.6. The minimum atomic E-state index is -1.27. The first kappa shape index (κ1) is 22.5. The fraction of sp³-hybridized carbons (Fsp3) is 0.258. The van der Waals surface area contributed by atoms with Crippen molar-refractivity contribution in [1.82, 2.24) is 4.90 Å². The van der Waals surface area contributed by atoms with E-state index in [2.05, 4.69) is 5.32 Å². The van der Waals surface area contributed by atoms with E-state index in [0.29, 0.717) is 11.3 Å². The quantitative estimate of drug-likeness (QED) is 0.514. The van der Waals surface area contributed by atoms with Crippen LogP contribution in [0.25, 0.3) is 6.08 Å². The van der Waals surface area contributed by atoms with Gasteiger partial charge < -0.3 is 10.2 Å². The number of para-hydroxylation sites is 1. The first-order valence-corrected chi connectivity index (χ1v) is 12.4. The van der Waals surface area contributed by atoms with Gasteiger partial charge in [0.25, 0.3) is 0 Å². The Hall–Kier alpha value is -3.99. The van der Waals surface area contributed by atoms with Crippen LogP contribution in [0.4, 0.5) is 5.69 Å². The summed E-state index contributed by atoms with van der Waals surface area (Å²) in [6, 6.07) is 23.3. The Bertz CT molecular complexity index is 1440. The van der Waals surface area contributed by atoms with Crippen LogP contribution in [0.3, 0.4) is 0 Å². The van der Waals surface area contributed by atoms with Crippen LogP contribution in [0.1, 0.15) is 53.9 Å². The molecule has 3 aliphatic heterocycles. The first-order chi connectivity index (χ1) is 17.3. The molecule has 3 aromatic carbocycles. The number of anilines is 1. The minimum absolute atomic E-state index is 0.0557. The summed E-state index contributed by atoms with van der Waals surface area (Å²) in [5.41, 5.74) is 1.93. The third-order valence-electron chi connectivity index (χ3n) is 7.92. The Morgan fingerprint density at radius 2 is 1.56 bits per heavy atom. The lowest BCUT2D eigenvalue weighted by Gasteiger charge is -2.38. The third kappa shape index (κ3) is 2.92. The molecule has 1 amide bonds. The average Bonchev–Trinajstić information content (AvgIpc) is 3.35. The second kappa shape index (κ2) is 7.76. The van der Waals surface area contributed by atoms with Crippen LogP contribution in [0.5, 0.6) is 0 Å². The molecule has 3 aliphatic rings. The molecule has 5 nitrogen and oxygen atoms in total. The molecule has 3 aromatic rings. The molecule has 0 bridgehead atoms. The Morgan fingerprint density at radius 1 is 0.889 bits per heavy atom. The molecule has 5 heteroatoms. The van der Waals surface area contributed by atoms with Gasteiger partial charge in [-0.1, -0.05) is 93.6 Å². The van der Waals surface area contributed by atoms with Crippen molar-refractivity contribution in [3.63, 3.8) is 0 Å². The second-order valence-electron chi connectivity index (χ2n) is 10.9. The third-order valence-corrected chi connectivity index (χ3v) is 7.92. The molecule has 0 unspecified atom stereocenters. The largest absolute Gasteiger partial charge is 0.358 e. The number of benzene rings is 3. The monoisotopic (exact) mass is 476 g/mol. The van der Waals surface area contributed by atoms with E-state index < -0.39 is 28.8 Å². The highest BCUT2D eigenvalue weighted by atomic mass is 16.2. The summed E-state index contributed by atoms with van der Waals surface area (Å²) in [5.74, 6) is -1.39. The van der Waals surface area contributed by atoms with Crippen molar-refractivity contribution in [3.05, 3.63) is 107 Å². The van der Waals surface area contributed by atoms with Crippen molar-refractivity contribution in [3.8, 4) is 0 Å². The van der Waals surface area contributed by atoms with E-state index in [1.165, 1.54) is 0 Å². The number of rotatable bonds is 3. The Balaban J connectivity index is 1.70. The summed E-state index contributed by atoms with van der Waals surface area (Å²) in [5, 5.41) is 3.08. The normalized spacial score (nSPS) is 25.8. The number of carbonyl (C=O) groups excluding carboxylic acids is 3. The molecule has 1 spiro atoms. The van der Waals surface area contributed by atoms with Gasteiger partial charge in [0.15, 0.2) is 11.6 Å². The van der Waals surface area contributed by atoms with Crippen molar-refractivity contribution < 1.29 is 14.4 Å². The van der Waals surface area contributed by atoms with Gasteiger partial charge in [0, 0.05) is 22.9 Å². The molecule has 0 radical (unpaired) electrons. The van der Waals surface area contributed by atoms with Crippen LogP contribution in [0, 0.1) is 11.3 Å². The van der Waals surface area contributed by atoms with Gasteiger partial charge in [-0.05, 0) is 28.8 Å². The summed E-state index contributed by atoms with van der Waals surface area (Å²) >= 11 is 0. The molecule has 4 atom stereocenters. The van der Waals surface area contributed by atoms with Crippen molar-refractivity contribution in [2.45, 2.75) is 38.3 Å². The molecule has 0 aromatic heterocycles. The molecule has 0 aliphatic carbocycles. The molecule has 1 fully saturated rings. The summed E-state index contributed by atoms with van der Waals surface area (Å²) in [4.78, 5) is 44.9. The number of nitrogens with one attached hydrogen (secondary N) is 1. The standard InChI is InChI=1S/C31H28N2O3/c1-30(2,3)28(35)25-24(26(34)20-12-5-4-6-13-20)31(22-15-9-10-16-23(22)32-29(31)36)27-21-14-8-7-11-19(21)17-18-33(25)27/h4-18,24-25,27H,1-3H3,(H,32,36)/t24-,25+,27+,31-/m1/s1. The maximum absolute atomic E-state index is 14.5. The van der Waals surface area contributed by atoms with Crippen LogP contribution < -0.4 is 5.32 Å². The molecular formula is C31H28N2O3. The van der Waals surface area contributed by atoms with Crippen LogP contribution in [0.2, 0.25) is 0 Å². The lowest BCUT2D eigenvalue weighted by atomic mass is 9.62. The van der Waals surface area contributed by atoms with Crippen LogP contribution >= 0.6 is 0 Å². The Morgan fingerprint density at radius 3 is 2.31 bits per heavy atom. The van der Waals surface area contributed by atoms with Gasteiger partial charge in [-0.15, -0.1) is 0 Å². The maximum atomic E-state index is 14.5. The fourth-order valence-electron chi connectivity index (χ4n) is 6.39. The molecule has 3 heterocycles. The van der Waals surface area contributed by atoms with Gasteiger partial charge in [-0.2, -0.15) is 0 Å². The van der Waals surface area contributed by atoms with E-state index in [1.54, 1.807) is 12.1 Å². The lowest BCUT2D eigenvalue weighted by molar-refractivity contribution is -0.131. The fourth-order valence-corrected chi connectivity index (χ4v) is 6.39. The van der Waals surface area contributed by atoms with Crippen LogP contribution in [-0.2, 0) is 15.0 Å². The SMILES string of the molecule is CC(C)(C)C(=O)[C@@H]1[C@H](C(=O)c2ccccc2)[C@@]2(C(=O)Nc3ccccc32)[C@@H]2c3ccccc3C=CN12.